The summed E-state index contributed by atoms with van der Waals surface area (Å²) in [6.45, 7) is 4.73. The molecular formula is C14H20N2S. The molecule has 0 saturated carbocycles. The van der Waals surface area contributed by atoms with Gasteiger partial charge in [0, 0.05) is 18.8 Å². The van der Waals surface area contributed by atoms with E-state index >= 15 is 0 Å². The summed E-state index contributed by atoms with van der Waals surface area (Å²) in [4.78, 5) is 3.13. The van der Waals surface area contributed by atoms with Gasteiger partial charge in [0.2, 0.25) is 0 Å². The molecule has 2 aliphatic rings. The predicted molar refractivity (Wildman–Crippen MR) is 74.1 cm³/mol. The molecule has 1 aromatic rings. The Morgan fingerprint density at radius 2 is 1.94 bits per heavy atom. The van der Waals surface area contributed by atoms with E-state index in [9.17, 15) is 0 Å². The Morgan fingerprint density at radius 1 is 1.18 bits per heavy atom. The molecule has 1 spiro atoms. The van der Waals surface area contributed by atoms with Gasteiger partial charge in [0.25, 0.3) is 0 Å². The van der Waals surface area contributed by atoms with Gasteiger partial charge < -0.3 is 5.32 Å². The molecule has 2 nitrogen and oxygen atoms in total. The third-order valence-electron chi connectivity index (χ3n) is 3.91. The molecule has 2 aliphatic heterocycles. The summed E-state index contributed by atoms with van der Waals surface area (Å²) < 4.78 is 0. The van der Waals surface area contributed by atoms with Crippen molar-refractivity contribution in [1.82, 2.24) is 10.2 Å². The van der Waals surface area contributed by atoms with Crippen molar-refractivity contribution in [2.24, 2.45) is 0 Å². The van der Waals surface area contributed by atoms with Crippen LogP contribution in [0.4, 0.5) is 0 Å². The maximum Gasteiger partial charge on any atom is 0.0698 e. The molecule has 0 radical (unpaired) electrons. The monoisotopic (exact) mass is 248 g/mol. The van der Waals surface area contributed by atoms with Crippen molar-refractivity contribution in [2.75, 3.05) is 25.4 Å². The molecule has 92 valence electrons. The van der Waals surface area contributed by atoms with Crippen LogP contribution < -0.4 is 5.32 Å². The summed E-state index contributed by atoms with van der Waals surface area (Å²) in [5, 5.41) is 3.48. The maximum absolute atomic E-state index is 3.48. The van der Waals surface area contributed by atoms with Gasteiger partial charge in [0.1, 0.15) is 0 Å². The summed E-state index contributed by atoms with van der Waals surface area (Å²) in [6, 6.07) is 10.9. The topological polar surface area (TPSA) is 15.3 Å². The highest BCUT2D eigenvalue weighted by Gasteiger charge is 2.42. The van der Waals surface area contributed by atoms with Crippen LogP contribution in [-0.2, 0) is 6.54 Å². The summed E-state index contributed by atoms with van der Waals surface area (Å²) in [5.41, 5.74) is 1.45. The van der Waals surface area contributed by atoms with Crippen LogP contribution in [-0.4, -0.2) is 35.2 Å². The molecule has 0 aromatic heterocycles. The Hall–Kier alpha value is -0.510. The summed E-state index contributed by atoms with van der Waals surface area (Å²) in [7, 11) is 0. The molecule has 0 unspecified atom stereocenters. The lowest BCUT2D eigenvalue weighted by Crippen LogP contribution is -2.48. The number of benzene rings is 1. The van der Waals surface area contributed by atoms with Gasteiger partial charge in [-0.1, -0.05) is 30.3 Å². The van der Waals surface area contributed by atoms with Crippen molar-refractivity contribution < 1.29 is 0 Å². The SMILES string of the molecule is c1ccc(CN2CCSC23CCNCC3)cc1. The summed E-state index contributed by atoms with van der Waals surface area (Å²) in [5.74, 6) is 1.30. The minimum Gasteiger partial charge on any atom is -0.317 e. The molecule has 1 aromatic carbocycles. The maximum atomic E-state index is 3.48. The first-order valence-electron chi connectivity index (χ1n) is 6.53. The van der Waals surface area contributed by atoms with Crippen molar-refractivity contribution in [3.63, 3.8) is 0 Å². The molecule has 3 heteroatoms. The van der Waals surface area contributed by atoms with Crippen molar-refractivity contribution in [1.29, 1.82) is 0 Å². The highest BCUT2D eigenvalue weighted by Crippen LogP contribution is 2.43. The van der Waals surface area contributed by atoms with Crippen LogP contribution in [0, 0.1) is 0 Å². The van der Waals surface area contributed by atoms with E-state index in [2.05, 4.69) is 52.3 Å². The third-order valence-corrected chi connectivity index (χ3v) is 5.50. The van der Waals surface area contributed by atoms with Crippen LogP contribution in [0.15, 0.2) is 30.3 Å². The van der Waals surface area contributed by atoms with Crippen LogP contribution in [0.2, 0.25) is 0 Å². The van der Waals surface area contributed by atoms with E-state index in [0.717, 1.165) is 6.54 Å². The van der Waals surface area contributed by atoms with E-state index < -0.39 is 0 Å². The lowest BCUT2D eigenvalue weighted by atomic mass is 10.0. The third kappa shape index (κ3) is 2.37. The Morgan fingerprint density at radius 3 is 2.71 bits per heavy atom. The van der Waals surface area contributed by atoms with E-state index in [0.29, 0.717) is 4.87 Å². The van der Waals surface area contributed by atoms with Crippen LogP contribution in [0.5, 0.6) is 0 Å². The van der Waals surface area contributed by atoms with Gasteiger partial charge in [-0.25, -0.2) is 0 Å². The zero-order valence-electron chi connectivity index (χ0n) is 10.2. The van der Waals surface area contributed by atoms with Gasteiger partial charge in [-0.05, 0) is 31.5 Å². The molecule has 1 N–H and O–H groups in total. The first-order chi connectivity index (χ1) is 8.39. The standard InChI is InChI=1S/C14H20N2S/c1-2-4-13(5-3-1)12-16-10-11-17-14(16)6-8-15-9-7-14/h1-5,15H,6-12H2. The molecule has 0 atom stereocenters. The summed E-state index contributed by atoms with van der Waals surface area (Å²) >= 11 is 2.18. The normalized spacial score (nSPS) is 24.2. The lowest BCUT2D eigenvalue weighted by molar-refractivity contribution is 0.148. The Bertz CT molecular complexity index is 360. The van der Waals surface area contributed by atoms with Crippen molar-refractivity contribution >= 4 is 11.8 Å². The molecule has 17 heavy (non-hydrogen) atoms. The van der Waals surface area contributed by atoms with Gasteiger partial charge in [0.05, 0.1) is 4.87 Å². The number of rotatable bonds is 2. The van der Waals surface area contributed by atoms with Crippen LogP contribution in [0.1, 0.15) is 18.4 Å². The molecule has 2 heterocycles. The van der Waals surface area contributed by atoms with E-state index in [1.807, 2.05) is 0 Å². The van der Waals surface area contributed by atoms with Gasteiger partial charge >= 0.3 is 0 Å². The highest BCUT2D eigenvalue weighted by molar-refractivity contribution is 8.00. The minimum atomic E-state index is 0.432. The minimum absolute atomic E-state index is 0.432. The fraction of sp³-hybridized carbons (Fsp3) is 0.571. The van der Waals surface area contributed by atoms with Crippen molar-refractivity contribution in [2.45, 2.75) is 24.3 Å². The smallest absolute Gasteiger partial charge is 0.0698 e. The molecule has 2 saturated heterocycles. The molecule has 0 amide bonds. The molecule has 2 fully saturated rings. The second-order valence-corrected chi connectivity index (χ2v) is 6.41. The molecule has 0 bridgehead atoms. The number of piperidine rings is 1. The number of hydrogen-bond acceptors (Lipinski definition) is 3. The fourth-order valence-corrected chi connectivity index (χ4v) is 4.47. The predicted octanol–water partition coefficient (Wildman–Crippen LogP) is 2.32. The Kier molecular flexibility index (Phi) is 3.41. The van der Waals surface area contributed by atoms with E-state index in [4.69, 9.17) is 0 Å². The van der Waals surface area contributed by atoms with E-state index in [1.165, 1.54) is 43.8 Å². The average Bonchev–Trinajstić information content (AvgIpc) is 2.74. The second-order valence-electron chi connectivity index (χ2n) is 4.95. The Labute approximate surface area is 108 Å². The van der Waals surface area contributed by atoms with Gasteiger partial charge in [-0.3, -0.25) is 4.90 Å². The van der Waals surface area contributed by atoms with E-state index in [-0.39, 0.29) is 0 Å². The average molecular weight is 248 g/mol. The van der Waals surface area contributed by atoms with Crippen molar-refractivity contribution in [3.05, 3.63) is 35.9 Å². The zero-order valence-corrected chi connectivity index (χ0v) is 11.0. The van der Waals surface area contributed by atoms with Crippen LogP contribution in [0.25, 0.3) is 0 Å². The number of thioether (sulfide) groups is 1. The number of nitrogens with one attached hydrogen (secondary N) is 1. The second kappa shape index (κ2) is 5.01. The van der Waals surface area contributed by atoms with Gasteiger partial charge in [-0.2, -0.15) is 0 Å². The quantitative estimate of drug-likeness (QED) is 0.864. The number of nitrogens with zero attached hydrogens (tertiary/aromatic N) is 1. The van der Waals surface area contributed by atoms with Crippen LogP contribution >= 0.6 is 11.8 Å². The first-order valence-corrected chi connectivity index (χ1v) is 7.51. The fourth-order valence-electron chi connectivity index (χ4n) is 2.95. The first kappa shape index (κ1) is 11.6. The lowest BCUT2D eigenvalue weighted by Gasteiger charge is -2.41. The molecule has 0 aliphatic carbocycles. The van der Waals surface area contributed by atoms with Gasteiger partial charge in [0.15, 0.2) is 0 Å². The van der Waals surface area contributed by atoms with E-state index in [1.54, 1.807) is 0 Å². The zero-order chi connectivity index (χ0) is 11.6. The summed E-state index contributed by atoms with van der Waals surface area (Å²) in [6.07, 6.45) is 2.59. The largest absolute Gasteiger partial charge is 0.317 e. The number of hydrogen-bond donors (Lipinski definition) is 1. The highest BCUT2D eigenvalue weighted by atomic mass is 32.2. The molecular weight excluding hydrogens is 228 g/mol. The van der Waals surface area contributed by atoms with Crippen LogP contribution in [0.3, 0.4) is 0 Å². The molecule has 3 rings (SSSR count). The van der Waals surface area contributed by atoms with Gasteiger partial charge in [-0.15, -0.1) is 11.8 Å². The van der Waals surface area contributed by atoms with Crippen molar-refractivity contribution in [3.8, 4) is 0 Å². The Balaban J connectivity index is 1.73.